The molecule has 0 radical (unpaired) electrons. The second kappa shape index (κ2) is 4.94. The molecule has 1 aliphatic heterocycles. The van der Waals surface area contributed by atoms with Gasteiger partial charge >= 0.3 is 0 Å². The van der Waals surface area contributed by atoms with Gasteiger partial charge in [-0.05, 0) is 42.4 Å². The van der Waals surface area contributed by atoms with Crippen molar-refractivity contribution < 1.29 is 19.7 Å². The first-order chi connectivity index (χ1) is 9.60. The quantitative estimate of drug-likeness (QED) is 0.775. The summed E-state index contributed by atoms with van der Waals surface area (Å²) in [4.78, 5) is 1.99. The van der Waals surface area contributed by atoms with E-state index in [0.29, 0.717) is 12.3 Å². The van der Waals surface area contributed by atoms with Crippen molar-refractivity contribution in [2.24, 2.45) is 0 Å². The van der Waals surface area contributed by atoms with Crippen LogP contribution in [0.25, 0.3) is 0 Å². The summed E-state index contributed by atoms with van der Waals surface area (Å²) < 4.78 is 5.63. The third kappa shape index (κ3) is 2.10. The summed E-state index contributed by atoms with van der Waals surface area (Å²) in [6.45, 7) is 0.317. The standard InChI is InChI=1S/C15H17NO4/c1-16-7-13(19)12-6-9(18)2-4-11(12)15(16)14-5-3-10(8-17)20-14/h2-6,13,15,17-19H,7-8H2,1H3. The zero-order valence-corrected chi connectivity index (χ0v) is 11.2. The molecule has 5 heteroatoms. The van der Waals surface area contributed by atoms with Crippen molar-refractivity contribution in [1.82, 2.24) is 4.90 Å². The Bertz CT molecular complexity index is 622. The van der Waals surface area contributed by atoms with Gasteiger partial charge in [-0.25, -0.2) is 0 Å². The van der Waals surface area contributed by atoms with Gasteiger partial charge in [-0.2, -0.15) is 0 Å². The lowest BCUT2D eigenvalue weighted by Crippen LogP contribution is -2.35. The minimum Gasteiger partial charge on any atom is -0.508 e. The molecule has 2 aromatic rings. The minimum atomic E-state index is -0.634. The first kappa shape index (κ1) is 13.2. The lowest BCUT2D eigenvalue weighted by Gasteiger charge is -2.36. The Morgan fingerprint density at radius 1 is 1.25 bits per heavy atom. The largest absolute Gasteiger partial charge is 0.508 e. The average Bonchev–Trinajstić information content (AvgIpc) is 2.88. The first-order valence-corrected chi connectivity index (χ1v) is 6.50. The topological polar surface area (TPSA) is 77.1 Å². The van der Waals surface area contributed by atoms with E-state index in [4.69, 9.17) is 9.52 Å². The van der Waals surface area contributed by atoms with Crippen molar-refractivity contribution in [3.63, 3.8) is 0 Å². The molecule has 2 heterocycles. The smallest absolute Gasteiger partial charge is 0.129 e. The maximum absolute atomic E-state index is 10.1. The summed E-state index contributed by atoms with van der Waals surface area (Å²) in [6.07, 6.45) is -0.634. The van der Waals surface area contributed by atoms with E-state index in [1.54, 1.807) is 24.3 Å². The molecule has 0 saturated heterocycles. The monoisotopic (exact) mass is 275 g/mol. The maximum Gasteiger partial charge on any atom is 0.129 e. The fourth-order valence-electron chi connectivity index (χ4n) is 2.81. The summed E-state index contributed by atoms with van der Waals surface area (Å²) in [7, 11) is 1.91. The van der Waals surface area contributed by atoms with Gasteiger partial charge in [-0.1, -0.05) is 6.07 Å². The molecule has 1 aromatic carbocycles. The number of phenols is 1. The number of β-amino-alcohol motifs (C(OH)–C–C–N with tert-alkyl or cyclic N) is 1. The minimum absolute atomic E-state index is 0.130. The zero-order chi connectivity index (χ0) is 14.3. The van der Waals surface area contributed by atoms with Crippen LogP contribution in [0.1, 0.15) is 34.8 Å². The van der Waals surface area contributed by atoms with Gasteiger partial charge in [0.2, 0.25) is 0 Å². The van der Waals surface area contributed by atoms with Crippen molar-refractivity contribution in [1.29, 1.82) is 0 Å². The molecule has 2 unspecified atom stereocenters. The van der Waals surface area contributed by atoms with Crippen LogP contribution >= 0.6 is 0 Å². The Kier molecular flexibility index (Phi) is 3.25. The molecule has 20 heavy (non-hydrogen) atoms. The van der Waals surface area contributed by atoms with Gasteiger partial charge in [0, 0.05) is 6.54 Å². The van der Waals surface area contributed by atoms with E-state index in [1.165, 1.54) is 0 Å². The van der Waals surface area contributed by atoms with Crippen molar-refractivity contribution in [2.75, 3.05) is 13.6 Å². The highest BCUT2D eigenvalue weighted by molar-refractivity contribution is 5.43. The van der Waals surface area contributed by atoms with E-state index in [-0.39, 0.29) is 18.4 Å². The fourth-order valence-corrected chi connectivity index (χ4v) is 2.81. The number of aliphatic hydroxyl groups is 2. The van der Waals surface area contributed by atoms with E-state index < -0.39 is 6.10 Å². The van der Waals surface area contributed by atoms with E-state index in [2.05, 4.69) is 0 Å². The van der Waals surface area contributed by atoms with Crippen LogP contribution in [0.5, 0.6) is 5.75 Å². The zero-order valence-electron chi connectivity index (χ0n) is 11.2. The van der Waals surface area contributed by atoms with Crippen molar-refractivity contribution in [3.05, 3.63) is 53.0 Å². The second-order valence-corrected chi connectivity index (χ2v) is 5.13. The molecule has 0 amide bonds. The third-order valence-corrected chi connectivity index (χ3v) is 3.73. The van der Waals surface area contributed by atoms with E-state index in [1.807, 2.05) is 18.0 Å². The second-order valence-electron chi connectivity index (χ2n) is 5.13. The Balaban J connectivity index is 2.09. The lowest BCUT2D eigenvalue weighted by molar-refractivity contribution is 0.0872. The summed E-state index contributed by atoms with van der Waals surface area (Å²) in [5.41, 5.74) is 1.62. The number of hydrogen-bond acceptors (Lipinski definition) is 5. The van der Waals surface area contributed by atoms with Gasteiger partial charge in [0.25, 0.3) is 0 Å². The van der Waals surface area contributed by atoms with Gasteiger partial charge in [0.15, 0.2) is 0 Å². The van der Waals surface area contributed by atoms with Crippen LogP contribution in [0.4, 0.5) is 0 Å². The SMILES string of the molecule is CN1CC(O)c2cc(O)ccc2C1c1ccc(CO)o1. The molecular formula is C15H17NO4. The fraction of sp³-hybridized carbons (Fsp3) is 0.333. The van der Waals surface area contributed by atoms with Crippen LogP contribution in [0.15, 0.2) is 34.7 Å². The maximum atomic E-state index is 10.1. The number of phenolic OH excluding ortho intramolecular Hbond substituents is 1. The molecule has 0 aliphatic carbocycles. The molecule has 106 valence electrons. The number of hydrogen-bond donors (Lipinski definition) is 3. The molecule has 1 aliphatic rings. The molecule has 0 saturated carbocycles. The molecule has 3 N–H and O–H groups in total. The number of aliphatic hydroxyl groups excluding tert-OH is 2. The molecule has 0 fully saturated rings. The number of aromatic hydroxyl groups is 1. The first-order valence-electron chi connectivity index (χ1n) is 6.50. The van der Waals surface area contributed by atoms with Crippen LogP contribution < -0.4 is 0 Å². The number of benzene rings is 1. The van der Waals surface area contributed by atoms with E-state index >= 15 is 0 Å². The summed E-state index contributed by atoms with van der Waals surface area (Å²) in [5, 5.41) is 28.8. The van der Waals surface area contributed by atoms with Gasteiger partial charge in [0.1, 0.15) is 23.9 Å². The van der Waals surface area contributed by atoms with Crippen LogP contribution in [0, 0.1) is 0 Å². The third-order valence-electron chi connectivity index (χ3n) is 3.73. The lowest BCUT2D eigenvalue weighted by atomic mass is 9.89. The van der Waals surface area contributed by atoms with Crippen LogP contribution in [0.2, 0.25) is 0 Å². The number of rotatable bonds is 2. The van der Waals surface area contributed by atoms with Crippen molar-refractivity contribution >= 4 is 0 Å². The van der Waals surface area contributed by atoms with Crippen LogP contribution in [-0.2, 0) is 6.61 Å². The molecule has 1 aromatic heterocycles. The average molecular weight is 275 g/mol. The van der Waals surface area contributed by atoms with Gasteiger partial charge in [0.05, 0.1) is 12.1 Å². The molecule has 2 atom stereocenters. The van der Waals surface area contributed by atoms with Gasteiger partial charge < -0.3 is 19.7 Å². The Morgan fingerprint density at radius 2 is 2.05 bits per heavy atom. The number of fused-ring (bicyclic) bond motifs is 1. The number of nitrogens with zero attached hydrogens (tertiary/aromatic N) is 1. The number of likely N-dealkylation sites (N-methyl/N-ethyl adjacent to an activating group) is 1. The highest BCUT2D eigenvalue weighted by Gasteiger charge is 2.33. The Morgan fingerprint density at radius 3 is 2.75 bits per heavy atom. The normalized spacial score (nSPS) is 22.8. The van der Waals surface area contributed by atoms with Gasteiger partial charge in [-0.15, -0.1) is 0 Å². The molecule has 3 rings (SSSR count). The highest BCUT2D eigenvalue weighted by Crippen LogP contribution is 2.39. The van der Waals surface area contributed by atoms with Gasteiger partial charge in [-0.3, -0.25) is 4.90 Å². The summed E-state index contributed by atoms with van der Waals surface area (Å²) >= 11 is 0. The summed E-state index contributed by atoms with van der Waals surface area (Å²) in [6, 6.07) is 8.45. The van der Waals surface area contributed by atoms with Crippen LogP contribution in [0.3, 0.4) is 0 Å². The number of furan rings is 1. The predicted molar refractivity (Wildman–Crippen MR) is 72.2 cm³/mol. The highest BCUT2D eigenvalue weighted by atomic mass is 16.4. The Labute approximate surface area is 116 Å². The molecule has 0 spiro atoms. The van der Waals surface area contributed by atoms with Crippen LogP contribution in [-0.4, -0.2) is 33.8 Å². The molecular weight excluding hydrogens is 258 g/mol. The summed E-state index contributed by atoms with van der Waals surface area (Å²) in [5.74, 6) is 1.37. The molecule has 5 nitrogen and oxygen atoms in total. The van der Waals surface area contributed by atoms with Crippen molar-refractivity contribution in [3.8, 4) is 5.75 Å². The van der Waals surface area contributed by atoms with E-state index in [0.717, 1.165) is 16.9 Å². The Hall–Kier alpha value is -1.82. The van der Waals surface area contributed by atoms with E-state index in [9.17, 15) is 10.2 Å². The van der Waals surface area contributed by atoms with Crippen molar-refractivity contribution in [2.45, 2.75) is 18.8 Å². The molecule has 0 bridgehead atoms. The predicted octanol–water partition coefficient (Wildman–Crippen LogP) is 1.55.